The monoisotopic (exact) mass is 475 g/mol. The van der Waals surface area contributed by atoms with E-state index in [4.69, 9.17) is 4.74 Å². The topological polar surface area (TPSA) is 82.7 Å². The number of nitrogens with zero attached hydrogens (tertiary/aromatic N) is 2. The maximum atomic E-state index is 13.1. The van der Waals surface area contributed by atoms with Crippen LogP contribution in [0.2, 0.25) is 0 Å². The number of nitrogens with one attached hydrogen (secondary N) is 1. The summed E-state index contributed by atoms with van der Waals surface area (Å²) in [6.45, 7) is 8.67. The average Bonchev–Trinajstić information content (AvgIpc) is 2.83. The van der Waals surface area contributed by atoms with Crippen molar-refractivity contribution in [3.63, 3.8) is 0 Å². The van der Waals surface area contributed by atoms with Gasteiger partial charge in [-0.25, -0.2) is 4.79 Å². The number of carbonyl (C=O) groups is 2. The van der Waals surface area contributed by atoms with Crippen LogP contribution < -0.4 is 5.56 Å². The highest BCUT2D eigenvalue weighted by molar-refractivity contribution is 5.95. The quantitative estimate of drug-likeness (QED) is 0.580. The standard InChI is InChI=1S/C28H33N3O4/c1-18-7-6-8-22-23(18)17-24(29-25(22)32)19-9-11-20(12-10-19)26(33)30(5)21-13-15-31(16-14-21)27(34)35-28(2,3)4/h6-12,17,21H,13-16H2,1-5H3,(H,29,32). The van der Waals surface area contributed by atoms with Crippen LogP contribution in [-0.2, 0) is 4.74 Å². The van der Waals surface area contributed by atoms with Crippen LogP contribution in [0.3, 0.4) is 0 Å². The molecule has 0 aliphatic carbocycles. The molecular formula is C28H33N3O4. The lowest BCUT2D eigenvalue weighted by atomic mass is 10.0. The molecule has 1 saturated heterocycles. The number of piperidine rings is 1. The molecule has 1 fully saturated rings. The molecular weight excluding hydrogens is 442 g/mol. The molecule has 0 saturated carbocycles. The molecule has 0 spiro atoms. The minimum atomic E-state index is -0.522. The van der Waals surface area contributed by atoms with Crippen LogP contribution in [0.15, 0.2) is 53.3 Å². The van der Waals surface area contributed by atoms with E-state index in [1.807, 2.05) is 71.1 Å². The minimum absolute atomic E-state index is 0.0562. The number of rotatable bonds is 3. The molecule has 0 atom stereocenters. The number of hydrogen-bond donors (Lipinski definition) is 1. The van der Waals surface area contributed by atoms with Gasteiger partial charge in [-0.05, 0) is 81.3 Å². The molecule has 4 rings (SSSR count). The third-order valence-electron chi connectivity index (χ3n) is 6.53. The van der Waals surface area contributed by atoms with Crippen LogP contribution in [0.25, 0.3) is 22.0 Å². The molecule has 3 aromatic rings. The van der Waals surface area contributed by atoms with Gasteiger partial charge in [0.15, 0.2) is 0 Å². The van der Waals surface area contributed by atoms with Gasteiger partial charge in [-0.15, -0.1) is 0 Å². The third kappa shape index (κ3) is 5.39. The molecule has 1 N–H and O–H groups in total. The normalized spacial score (nSPS) is 14.7. The Kier molecular flexibility index (Phi) is 6.70. The predicted octanol–water partition coefficient (Wildman–Crippen LogP) is 4.98. The van der Waals surface area contributed by atoms with Crippen LogP contribution in [0.1, 0.15) is 49.5 Å². The fraction of sp³-hybridized carbons (Fsp3) is 0.393. The second-order valence-corrected chi connectivity index (χ2v) is 10.2. The van der Waals surface area contributed by atoms with Gasteiger partial charge in [0.25, 0.3) is 11.5 Å². The maximum Gasteiger partial charge on any atom is 0.410 e. The molecule has 0 bridgehead atoms. The van der Waals surface area contributed by atoms with Crippen LogP contribution in [-0.4, -0.2) is 58.6 Å². The van der Waals surface area contributed by atoms with Crippen molar-refractivity contribution in [2.75, 3.05) is 20.1 Å². The molecule has 0 unspecified atom stereocenters. The van der Waals surface area contributed by atoms with Crippen molar-refractivity contribution in [2.45, 2.75) is 52.2 Å². The number of fused-ring (bicyclic) bond motifs is 1. The van der Waals surface area contributed by atoms with E-state index in [-0.39, 0.29) is 23.6 Å². The van der Waals surface area contributed by atoms with Gasteiger partial charge in [0.2, 0.25) is 0 Å². The lowest BCUT2D eigenvalue weighted by Crippen LogP contribution is -2.48. The lowest BCUT2D eigenvalue weighted by molar-refractivity contribution is 0.0160. The zero-order valence-corrected chi connectivity index (χ0v) is 21.1. The Hall–Kier alpha value is -3.61. The van der Waals surface area contributed by atoms with Gasteiger partial charge in [-0.3, -0.25) is 9.59 Å². The van der Waals surface area contributed by atoms with Crippen LogP contribution in [0, 0.1) is 6.92 Å². The minimum Gasteiger partial charge on any atom is -0.444 e. The molecule has 2 amide bonds. The highest BCUT2D eigenvalue weighted by atomic mass is 16.6. The van der Waals surface area contributed by atoms with Gasteiger partial charge < -0.3 is 19.5 Å². The van der Waals surface area contributed by atoms with Crippen molar-refractivity contribution >= 4 is 22.8 Å². The first-order chi connectivity index (χ1) is 16.5. The Morgan fingerprint density at radius 1 is 1.03 bits per heavy atom. The number of likely N-dealkylation sites (tertiary alicyclic amines) is 1. The molecule has 2 heterocycles. The van der Waals surface area contributed by atoms with Crippen molar-refractivity contribution < 1.29 is 14.3 Å². The summed E-state index contributed by atoms with van der Waals surface area (Å²) >= 11 is 0. The van der Waals surface area contributed by atoms with Gasteiger partial charge in [0.05, 0.1) is 0 Å². The van der Waals surface area contributed by atoms with Crippen molar-refractivity contribution in [1.82, 2.24) is 14.8 Å². The van der Waals surface area contributed by atoms with E-state index >= 15 is 0 Å². The number of amides is 2. The second-order valence-electron chi connectivity index (χ2n) is 10.2. The summed E-state index contributed by atoms with van der Waals surface area (Å²) in [6.07, 6.45) is 1.11. The van der Waals surface area contributed by atoms with E-state index in [0.717, 1.165) is 22.2 Å². The van der Waals surface area contributed by atoms with E-state index in [1.165, 1.54) is 0 Å². The van der Waals surface area contributed by atoms with E-state index in [0.29, 0.717) is 36.9 Å². The highest BCUT2D eigenvalue weighted by Crippen LogP contribution is 2.24. The van der Waals surface area contributed by atoms with Crippen LogP contribution in [0.4, 0.5) is 4.79 Å². The van der Waals surface area contributed by atoms with Gasteiger partial charge in [0, 0.05) is 42.8 Å². The maximum absolute atomic E-state index is 13.1. The predicted molar refractivity (Wildman–Crippen MR) is 138 cm³/mol. The van der Waals surface area contributed by atoms with Crippen molar-refractivity contribution in [2.24, 2.45) is 0 Å². The summed E-state index contributed by atoms with van der Waals surface area (Å²) in [5.74, 6) is -0.0601. The second kappa shape index (κ2) is 9.56. The Labute approximate surface area is 205 Å². The number of benzene rings is 2. The molecule has 7 heteroatoms. The molecule has 7 nitrogen and oxygen atoms in total. The van der Waals surface area contributed by atoms with E-state index < -0.39 is 5.60 Å². The zero-order valence-electron chi connectivity index (χ0n) is 21.1. The summed E-state index contributed by atoms with van der Waals surface area (Å²) in [6, 6.07) is 15.0. The fourth-order valence-corrected chi connectivity index (χ4v) is 4.52. The average molecular weight is 476 g/mol. The molecule has 1 aliphatic heterocycles. The Balaban J connectivity index is 1.43. The first-order valence-corrected chi connectivity index (χ1v) is 12.0. The molecule has 1 aromatic heterocycles. The first kappa shape index (κ1) is 24.5. The molecule has 2 aromatic carbocycles. The van der Waals surface area contributed by atoms with Gasteiger partial charge in [0.1, 0.15) is 5.60 Å². The lowest BCUT2D eigenvalue weighted by Gasteiger charge is -2.37. The van der Waals surface area contributed by atoms with Crippen LogP contribution >= 0.6 is 0 Å². The zero-order chi connectivity index (χ0) is 25.3. The summed E-state index contributed by atoms with van der Waals surface area (Å²) < 4.78 is 5.46. The van der Waals surface area contributed by atoms with Gasteiger partial charge in [-0.2, -0.15) is 0 Å². The number of carbonyl (C=O) groups excluding carboxylic acids is 2. The third-order valence-corrected chi connectivity index (χ3v) is 6.53. The summed E-state index contributed by atoms with van der Waals surface area (Å²) in [4.78, 5) is 44.4. The van der Waals surface area contributed by atoms with Crippen molar-refractivity contribution in [3.05, 3.63) is 70.0 Å². The number of H-pyrrole nitrogens is 1. The smallest absolute Gasteiger partial charge is 0.410 e. The molecule has 184 valence electrons. The fourth-order valence-electron chi connectivity index (χ4n) is 4.52. The Bertz CT molecular complexity index is 1300. The number of aryl methyl sites for hydroxylation is 1. The first-order valence-electron chi connectivity index (χ1n) is 12.0. The number of ether oxygens (including phenoxy) is 1. The molecule has 35 heavy (non-hydrogen) atoms. The van der Waals surface area contributed by atoms with Gasteiger partial charge >= 0.3 is 6.09 Å². The van der Waals surface area contributed by atoms with Crippen molar-refractivity contribution in [3.8, 4) is 11.3 Å². The summed E-state index contributed by atoms with van der Waals surface area (Å²) in [5.41, 5.74) is 2.55. The number of aromatic nitrogens is 1. The SMILES string of the molecule is Cc1cccc2c(=O)[nH]c(-c3ccc(C(=O)N(C)C4CCN(C(=O)OC(C)(C)C)CC4)cc3)cc12. The van der Waals surface area contributed by atoms with Crippen molar-refractivity contribution in [1.29, 1.82) is 0 Å². The van der Waals surface area contributed by atoms with E-state index in [1.54, 1.807) is 21.9 Å². The van der Waals surface area contributed by atoms with E-state index in [9.17, 15) is 14.4 Å². The molecule has 0 radical (unpaired) electrons. The largest absolute Gasteiger partial charge is 0.444 e. The van der Waals surface area contributed by atoms with E-state index in [2.05, 4.69) is 4.98 Å². The Morgan fingerprint density at radius 2 is 1.69 bits per heavy atom. The summed E-state index contributed by atoms with van der Waals surface area (Å²) in [7, 11) is 1.81. The van der Waals surface area contributed by atoms with Gasteiger partial charge in [-0.1, -0.05) is 24.3 Å². The number of pyridine rings is 1. The number of aromatic amines is 1. The number of hydrogen-bond acceptors (Lipinski definition) is 4. The Morgan fingerprint density at radius 3 is 2.31 bits per heavy atom. The summed E-state index contributed by atoms with van der Waals surface area (Å²) in [5, 5.41) is 1.59. The van der Waals surface area contributed by atoms with Crippen LogP contribution in [0.5, 0.6) is 0 Å². The highest BCUT2D eigenvalue weighted by Gasteiger charge is 2.30. The molecule has 1 aliphatic rings.